The maximum atomic E-state index is 11.6. The van der Waals surface area contributed by atoms with E-state index in [0.29, 0.717) is 5.02 Å². The number of hydrogen-bond acceptors (Lipinski definition) is 2. The Bertz CT molecular complexity index is 351. The highest BCUT2D eigenvalue weighted by Crippen LogP contribution is 2.15. The molecule has 1 rings (SSSR count). The molecule has 1 aromatic rings. The topological polar surface area (TPSA) is 41.1 Å². The molecule has 0 saturated heterocycles. The summed E-state index contributed by atoms with van der Waals surface area (Å²) in [6.07, 6.45) is 0. The number of amides is 1. The third-order valence-electron chi connectivity index (χ3n) is 2.56. The first-order valence-corrected chi connectivity index (χ1v) is 5.65. The van der Waals surface area contributed by atoms with Crippen LogP contribution in [0.3, 0.4) is 0 Å². The molecule has 0 radical (unpaired) electrons. The van der Waals surface area contributed by atoms with Crippen molar-refractivity contribution in [2.45, 2.75) is 25.9 Å². The van der Waals surface area contributed by atoms with Gasteiger partial charge in [-0.25, -0.2) is 0 Å². The Morgan fingerprint density at radius 3 is 2.31 bits per heavy atom. The Balaban J connectivity index is 2.62. The predicted molar refractivity (Wildman–Crippen MR) is 66.5 cm³/mol. The first-order valence-electron chi connectivity index (χ1n) is 5.27. The van der Waals surface area contributed by atoms with Crippen LogP contribution in [0, 0.1) is 0 Å². The van der Waals surface area contributed by atoms with E-state index in [1.807, 2.05) is 38.1 Å². The highest BCUT2D eigenvalue weighted by molar-refractivity contribution is 6.30. The smallest absolute Gasteiger partial charge is 0.237 e. The zero-order chi connectivity index (χ0) is 12.1. The van der Waals surface area contributed by atoms with Gasteiger partial charge in [-0.15, -0.1) is 0 Å². The lowest BCUT2D eigenvalue weighted by Crippen LogP contribution is -2.41. The third kappa shape index (κ3) is 3.51. The van der Waals surface area contributed by atoms with Crippen molar-refractivity contribution in [1.82, 2.24) is 10.6 Å². The standard InChI is InChI=1S/C12H17ClN2O/c1-8(15-12(16)9(2)14-3)10-4-6-11(13)7-5-10/h4-9,14H,1-3H3,(H,15,16). The largest absolute Gasteiger partial charge is 0.348 e. The Morgan fingerprint density at radius 1 is 1.25 bits per heavy atom. The quantitative estimate of drug-likeness (QED) is 0.847. The summed E-state index contributed by atoms with van der Waals surface area (Å²) in [7, 11) is 1.76. The van der Waals surface area contributed by atoms with Crippen LogP contribution < -0.4 is 10.6 Å². The third-order valence-corrected chi connectivity index (χ3v) is 2.81. The molecule has 1 amide bonds. The van der Waals surface area contributed by atoms with Gasteiger partial charge in [0.2, 0.25) is 5.91 Å². The molecule has 0 bridgehead atoms. The molecular weight excluding hydrogens is 224 g/mol. The van der Waals surface area contributed by atoms with Crippen molar-refractivity contribution in [3.63, 3.8) is 0 Å². The SMILES string of the molecule is CNC(C)C(=O)NC(C)c1ccc(Cl)cc1. The highest BCUT2D eigenvalue weighted by Gasteiger charge is 2.13. The maximum Gasteiger partial charge on any atom is 0.237 e. The van der Waals surface area contributed by atoms with Crippen molar-refractivity contribution in [2.24, 2.45) is 0 Å². The lowest BCUT2D eigenvalue weighted by Gasteiger charge is -2.17. The Kier molecular flexibility index (Phi) is 4.77. The van der Waals surface area contributed by atoms with Crippen molar-refractivity contribution in [3.8, 4) is 0 Å². The second-order valence-corrected chi connectivity index (χ2v) is 4.23. The Hall–Kier alpha value is -1.06. The maximum absolute atomic E-state index is 11.6. The van der Waals surface area contributed by atoms with Crippen molar-refractivity contribution >= 4 is 17.5 Å². The van der Waals surface area contributed by atoms with Gasteiger partial charge in [0.05, 0.1) is 12.1 Å². The van der Waals surface area contributed by atoms with Gasteiger partial charge in [-0.3, -0.25) is 4.79 Å². The summed E-state index contributed by atoms with van der Waals surface area (Å²) in [5, 5.41) is 6.52. The summed E-state index contributed by atoms with van der Waals surface area (Å²) in [6.45, 7) is 3.77. The minimum absolute atomic E-state index is 0.00931. The van der Waals surface area contributed by atoms with Gasteiger partial charge in [0.25, 0.3) is 0 Å². The van der Waals surface area contributed by atoms with Crippen LogP contribution in [-0.2, 0) is 4.79 Å². The monoisotopic (exact) mass is 240 g/mol. The van der Waals surface area contributed by atoms with E-state index in [9.17, 15) is 4.79 Å². The van der Waals surface area contributed by atoms with Crippen LogP contribution in [0.1, 0.15) is 25.5 Å². The van der Waals surface area contributed by atoms with E-state index in [1.54, 1.807) is 7.05 Å². The van der Waals surface area contributed by atoms with E-state index >= 15 is 0 Å². The summed E-state index contributed by atoms with van der Waals surface area (Å²) >= 11 is 5.80. The summed E-state index contributed by atoms with van der Waals surface area (Å²) in [6, 6.07) is 7.27. The molecule has 0 fully saturated rings. The number of hydrogen-bond donors (Lipinski definition) is 2. The molecule has 1 aromatic carbocycles. The van der Waals surface area contributed by atoms with Crippen LogP contribution in [-0.4, -0.2) is 19.0 Å². The van der Waals surface area contributed by atoms with Gasteiger partial charge >= 0.3 is 0 Å². The molecular formula is C12H17ClN2O. The number of carbonyl (C=O) groups excluding carboxylic acids is 1. The summed E-state index contributed by atoms with van der Waals surface area (Å²) in [5.74, 6) is -0.00931. The Labute approximate surface area is 101 Å². The van der Waals surface area contributed by atoms with Gasteiger partial charge in [-0.2, -0.15) is 0 Å². The zero-order valence-corrected chi connectivity index (χ0v) is 10.5. The van der Waals surface area contributed by atoms with E-state index in [0.717, 1.165) is 5.56 Å². The van der Waals surface area contributed by atoms with Crippen molar-refractivity contribution in [3.05, 3.63) is 34.9 Å². The summed E-state index contributed by atoms with van der Waals surface area (Å²) in [4.78, 5) is 11.6. The second-order valence-electron chi connectivity index (χ2n) is 3.79. The molecule has 88 valence electrons. The predicted octanol–water partition coefficient (Wildman–Crippen LogP) is 2.13. The molecule has 0 spiro atoms. The van der Waals surface area contributed by atoms with Crippen LogP contribution in [0.4, 0.5) is 0 Å². The van der Waals surface area contributed by atoms with Gasteiger partial charge in [-0.05, 0) is 38.6 Å². The molecule has 4 heteroatoms. The van der Waals surface area contributed by atoms with E-state index < -0.39 is 0 Å². The first kappa shape index (κ1) is 13.0. The molecule has 0 aliphatic carbocycles. The van der Waals surface area contributed by atoms with Crippen molar-refractivity contribution in [1.29, 1.82) is 0 Å². The minimum atomic E-state index is -0.185. The van der Waals surface area contributed by atoms with Gasteiger partial charge in [0.15, 0.2) is 0 Å². The Morgan fingerprint density at radius 2 is 1.81 bits per heavy atom. The minimum Gasteiger partial charge on any atom is -0.348 e. The van der Waals surface area contributed by atoms with E-state index in [1.165, 1.54) is 0 Å². The van der Waals surface area contributed by atoms with E-state index in [2.05, 4.69) is 10.6 Å². The van der Waals surface area contributed by atoms with Gasteiger partial charge in [0, 0.05) is 5.02 Å². The fourth-order valence-corrected chi connectivity index (χ4v) is 1.43. The van der Waals surface area contributed by atoms with Crippen LogP contribution in [0.2, 0.25) is 5.02 Å². The number of benzene rings is 1. The molecule has 2 unspecified atom stereocenters. The van der Waals surface area contributed by atoms with Crippen LogP contribution in [0.25, 0.3) is 0 Å². The van der Waals surface area contributed by atoms with Gasteiger partial charge in [-0.1, -0.05) is 23.7 Å². The molecule has 2 atom stereocenters. The zero-order valence-electron chi connectivity index (χ0n) is 9.75. The molecule has 0 saturated carbocycles. The fraction of sp³-hybridized carbons (Fsp3) is 0.417. The van der Waals surface area contributed by atoms with Gasteiger partial charge in [0.1, 0.15) is 0 Å². The average molecular weight is 241 g/mol. The number of likely N-dealkylation sites (N-methyl/N-ethyl adjacent to an activating group) is 1. The van der Waals surface area contributed by atoms with Crippen molar-refractivity contribution in [2.75, 3.05) is 7.05 Å². The van der Waals surface area contributed by atoms with Gasteiger partial charge < -0.3 is 10.6 Å². The second kappa shape index (κ2) is 5.87. The van der Waals surface area contributed by atoms with Crippen molar-refractivity contribution < 1.29 is 4.79 Å². The lowest BCUT2D eigenvalue weighted by molar-refractivity contribution is -0.123. The number of nitrogens with one attached hydrogen (secondary N) is 2. The van der Waals surface area contributed by atoms with Crippen LogP contribution in [0.5, 0.6) is 0 Å². The number of rotatable bonds is 4. The van der Waals surface area contributed by atoms with Crippen LogP contribution >= 0.6 is 11.6 Å². The number of halogens is 1. The van der Waals surface area contributed by atoms with E-state index in [-0.39, 0.29) is 18.0 Å². The summed E-state index contributed by atoms with van der Waals surface area (Å²) < 4.78 is 0. The average Bonchev–Trinajstić information content (AvgIpc) is 2.28. The highest BCUT2D eigenvalue weighted by atomic mass is 35.5. The van der Waals surface area contributed by atoms with Crippen LogP contribution in [0.15, 0.2) is 24.3 Å². The normalized spacial score (nSPS) is 14.2. The van der Waals surface area contributed by atoms with E-state index in [4.69, 9.17) is 11.6 Å². The number of carbonyl (C=O) groups is 1. The fourth-order valence-electron chi connectivity index (χ4n) is 1.30. The molecule has 0 heterocycles. The first-order chi connectivity index (χ1) is 7.54. The molecule has 2 N–H and O–H groups in total. The molecule has 0 aliphatic rings. The summed E-state index contributed by atoms with van der Waals surface area (Å²) in [5.41, 5.74) is 1.04. The molecule has 3 nitrogen and oxygen atoms in total. The lowest BCUT2D eigenvalue weighted by atomic mass is 10.1. The molecule has 16 heavy (non-hydrogen) atoms. The molecule has 0 aromatic heterocycles. The molecule has 0 aliphatic heterocycles.